The molecule has 0 saturated heterocycles. The molecule has 0 radical (unpaired) electrons. The summed E-state index contributed by atoms with van der Waals surface area (Å²) >= 11 is 0. The molecule has 8 rings (SSSR count). The van der Waals surface area contributed by atoms with Crippen molar-refractivity contribution in [3.63, 3.8) is 0 Å². The Morgan fingerprint density at radius 3 is 1.30 bits per heavy atom. The Kier molecular flexibility index (Phi) is 21.8. The Balaban J connectivity index is 0.000000241. The monoisotopic (exact) mass is 1180 g/mol. The summed E-state index contributed by atoms with van der Waals surface area (Å²) in [5, 5.41) is 34.2. The summed E-state index contributed by atoms with van der Waals surface area (Å²) in [5.74, 6) is -2.24. The maximum atomic E-state index is 13.2. The molecule has 1 fully saturated rings. The SMILES string of the molecule is Cc1ccc(NC(=O)NC(c2ccc(C(=O)NCCC(=O)O)cc2)c2ccc(C3=CCCCC3)cc2)cc1S(C)(=O)=O.Cc1ccc(NC(=O)NC(c2ccc(C(=O)NCCC(=O)O)cc2)c2ccc(C3CCCCC3)cc2)cc1S(C)(=O)=O. The van der Waals surface area contributed by atoms with Gasteiger partial charge < -0.3 is 42.1 Å². The Hall–Kier alpha value is -8.62. The van der Waals surface area contributed by atoms with Crippen molar-refractivity contribution in [1.29, 1.82) is 0 Å². The van der Waals surface area contributed by atoms with Crippen molar-refractivity contribution < 1.29 is 55.8 Å². The van der Waals surface area contributed by atoms with Gasteiger partial charge in [0.1, 0.15) is 0 Å². The summed E-state index contributed by atoms with van der Waals surface area (Å²) in [6.07, 6.45) is 14.7. The molecule has 0 bridgehead atoms. The summed E-state index contributed by atoms with van der Waals surface area (Å²) in [7, 11) is -6.94. The molecule has 0 aliphatic heterocycles. The molecule has 2 unspecified atom stereocenters. The zero-order valence-electron chi connectivity index (χ0n) is 47.5. The van der Waals surface area contributed by atoms with Gasteiger partial charge in [-0.15, -0.1) is 0 Å². The maximum Gasteiger partial charge on any atom is 0.319 e. The van der Waals surface area contributed by atoms with Crippen molar-refractivity contribution in [2.75, 3.05) is 36.2 Å². The largest absolute Gasteiger partial charge is 0.481 e. The van der Waals surface area contributed by atoms with Crippen molar-refractivity contribution in [3.8, 4) is 0 Å². The van der Waals surface area contributed by atoms with Gasteiger partial charge in [0.15, 0.2) is 19.7 Å². The van der Waals surface area contributed by atoms with Crippen LogP contribution in [-0.4, -0.2) is 88.5 Å². The summed E-state index contributed by atoms with van der Waals surface area (Å²) in [5.41, 5.74) is 9.45. The third-order valence-corrected chi connectivity index (χ3v) is 17.2. The molecule has 20 heteroatoms. The zero-order chi connectivity index (χ0) is 60.6. The van der Waals surface area contributed by atoms with Crippen LogP contribution in [0.25, 0.3) is 5.57 Å². The van der Waals surface area contributed by atoms with Gasteiger partial charge in [-0.1, -0.05) is 110 Å². The number of allylic oxidation sites excluding steroid dienone is 2. The van der Waals surface area contributed by atoms with Crippen molar-refractivity contribution in [3.05, 3.63) is 195 Å². The minimum absolute atomic E-state index is 0.0170. The van der Waals surface area contributed by atoms with E-state index < -0.39 is 61.7 Å². The Morgan fingerprint density at radius 1 is 0.512 bits per heavy atom. The highest BCUT2D eigenvalue weighted by molar-refractivity contribution is 7.91. The van der Waals surface area contributed by atoms with Gasteiger partial charge in [0, 0.05) is 48.1 Å². The van der Waals surface area contributed by atoms with Gasteiger partial charge in [-0.25, -0.2) is 26.4 Å². The molecule has 2 aliphatic rings. The zero-order valence-corrected chi connectivity index (χ0v) is 49.1. The van der Waals surface area contributed by atoms with E-state index in [0.717, 1.165) is 59.6 Å². The Labute approximate surface area is 490 Å². The normalized spacial score (nSPS) is 14.2. The van der Waals surface area contributed by atoms with Crippen LogP contribution in [0.5, 0.6) is 0 Å². The van der Waals surface area contributed by atoms with E-state index in [0.29, 0.717) is 39.5 Å². The second kappa shape index (κ2) is 29.1. The molecule has 0 heterocycles. The van der Waals surface area contributed by atoms with Crippen LogP contribution in [-0.2, 0) is 29.3 Å². The number of anilines is 2. The molecule has 442 valence electrons. The lowest BCUT2D eigenvalue weighted by atomic mass is 9.83. The van der Waals surface area contributed by atoms with Crippen LogP contribution in [0, 0.1) is 13.8 Å². The highest BCUT2D eigenvalue weighted by Gasteiger charge is 2.23. The van der Waals surface area contributed by atoms with Crippen LogP contribution < -0.4 is 31.9 Å². The maximum absolute atomic E-state index is 13.2. The molecule has 6 aromatic carbocycles. The van der Waals surface area contributed by atoms with E-state index in [1.165, 1.54) is 61.8 Å². The number of aliphatic carboxylic acids is 2. The Morgan fingerprint density at radius 2 is 0.917 bits per heavy atom. The number of hydrogen-bond donors (Lipinski definition) is 8. The topological polar surface area (TPSA) is 283 Å². The molecule has 84 heavy (non-hydrogen) atoms. The molecule has 6 amide bonds. The Bertz CT molecular complexity index is 3600. The van der Waals surface area contributed by atoms with Crippen molar-refractivity contribution in [2.24, 2.45) is 0 Å². The predicted molar refractivity (Wildman–Crippen MR) is 324 cm³/mol. The van der Waals surface area contributed by atoms with Crippen LogP contribution in [0.1, 0.15) is 154 Å². The first kappa shape index (κ1) is 63.0. The number of aryl methyl sites for hydroxylation is 2. The lowest BCUT2D eigenvalue weighted by Crippen LogP contribution is -2.33. The summed E-state index contributed by atoms with van der Waals surface area (Å²) < 4.78 is 48.6. The number of carbonyl (C=O) groups excluding carboxylic acids is 4. The minimum Gasteiger partial charge on any atom is -0.481 e. The number of nitrogens with one attached hydrogen (secondary N) is 6. The first-order chi connectivity index (χ1) is 40.0. The van der Waals surface area contributed by atoms with Crippen LogP contribution in [0.4, 0.5) is 21.0 Å². The summed E-state index contributed by atoms with van der Waals surface area (Å²) in [6, 6.07) is 37.0. The molecule has 8 N–H and O–H groups in total. The first-order valence-corrected chi connectivity index (χ1v) is 31.7. The predicted octanol–water partition coefficient (Wildman–Crippen LogP) is 11.0. The van der Waals surface area contributed by atoms with Crippen LogP contribution in [0.3, 0.4) is 0 Å². The van der Waals surface area contributed by atoms with Crippen molar-refractivity contribution in [2.45, 2.75) is 112 Å². The number of rotatable bonds is 20. The molecule has 18 nitrogen and oxygen atoms in total. The quantitative estimate of drug-likeness (QED) is 0.0354. The fraction of sp³-hybridized carbons (Fsp3) is 0.312. The highest BCUT2D eigenvalue weighted by Crippen LogP contribution is 2.35. The highest BCUT2D eigenvalue weighted by atomic mass is 32.2. The van der Waals surface area contributed by atoms with Gasteiger partial charge in [0.2, 0.25) is 0 Å². The van der Waals surface area contributed by atoms with E-state index in [9.17, 15) is 45.6 Å². The average molecular weight is 1180 g/mol. The van der Waals surface area contributed by atoms with Gasteiger partial charge in [-0.3, -0.25) is 19.2 Å². The van der Waals surface area contributed by atoms with Crippen molar-refractivity contribution in [1.82, 2.24) is 21.3 Å². The third-order valence-electron chi connectivity index (χ3n) is 14.8. The van der Waals surface area contributed by atoms with E-state index in [1.807, 2.05) is 36.4 Å². The number of carboxylic acid groups (broad SMARTS) is 2. The number of benzene rings is 6. The van der Waals surface area contributed by atoms with Gasteiger partial charge in [-0.2, -0.15) is 0 Å². The van der Waals surface area contributed by atoms with Gasteiger partial charge >= 0.3 is 24.0 Å². The van der Waals surface area contributed by atoms with Crippen LogP contribution in [0.15, 0.2) is 149 Å². The van der Waals surface area contributed by atoms with Gasteiger partial charge in [-0.05, 0) is 157 Å². The average Bonchev–Trinajstić information content (AvgIpc) is 3.66. The standard InChI is InChI=1S/C32H37N3O6S.C32H35N3O6S/c2*1-21-8-17-27(20-28(21)42(2,40)41)34-32(39)35-30(24-11-9-23(10-12-24)22-6-4-3-5-7-22)25-13-15-26(16-14-25)31(38)33-19-18-29(36)37/h8-17,20,22,30H,3-7,18-19H2,1-2H3,(H,33,38)(H,36,37)(H2,34,35,39);6,8-17,20,30H,3-5,7,18-19H2,1-2H3,(H,33,38)(H,36,37)(H2,34,35,39). The van der Waals surface area contributed by atoms with Crippen molar-refractivity contribution >= 4 is 72.4 Å². The third kappa shape index (κ3) is 18.2. The molecule has 2 atom stereocenters. The van der Waals surface area contributed by atoms with Crippen LogP contribution in [0.2, 0.25) is 0 Å². The number of sulfone groups is 2. The molecule has 6 aromatic rings. The van der Waals surface area contributed by atoms with Crippen LogP contribution >= 0.6 is 0 Å². The lowest BCUT2D eigenvalue weighted by molar-refractivity contribution is -0.137. The number of amides is 6. The van der Waals surface area contributed by atoms with E-state index in [4.69, 9.17) is 10.2 Å². The molecular weight excluding hydrogens is 1110 g/mol. The van der Waals surface area contributed by atoms with E-state index in [-0.39, 0.29) is 41.6 Å². The molecule has 0 aromatic heterocycles. The molecule has 2 aliphatic carbocycles. The van der Waals surface area contributed by atoms with Gasteiger partial charge in [0.05, 0.1) is 34.7 Å². The van der Waals surface area contributed by atoms with E-state index >= 15 is 0 Å². The number of hydrogen-bond acceptors (Lipinski definition) is 10. The van der Waals surface area contributed by atoms with E-state index in [2.05, 4.69) is 50.1 Å². The number of carbonyl (C=O) groups is 6. The second-order valence-electron chi connectivity index (χ2n) is 21.2. The lowest BCUT2D eigenvalue weighted by Gasteiger charge is -2.24. The molecular formula is C64H72N6O12S2. The fourth-order valence-corrected chi connectivity index (χ4v) is 12.3. The first-order valence-electron chi connectivity index (χ1n) is 27.9. The summed E-state index contributed by atoms with van der Waals surface area (Å²) in [6.45, 7) is 3.43. The van der Waals surface area contributed by atoms with Gasteiger partial charge in [0.25, 0.3) is 11.8 Å². The minimum atomic E-state index is -3.47. The molecule has 0 spiro atoms. The summed E-state index contributed by atoms with van der Waals surface area (Å²) in [4.78, 5) is 73.0. The number of carboxylic acids is 2. The smallest absolute Gasteiger partial charge is 0.319 e. The van der Waals surface area contributed by atoms with E-state index in [1.54, 1.807) is 86.6 Å². The molecule has 1 saturated carbocycles. The fourth-order valence-electron chi connectivity index (χ4n) is 10.3. The second-order valence-corrected chi connectivity index (χ2v) is 25.2. The number of urea groups is 2.